The van der Waals surface area contributed by atoms with E-state index < -0.39 is 27.6 Å². The molecule has 0 spiro atoms. The van der Waals surface area contributed by atoms with Gasteiger partial charge < -0.3 is 0 Å². The van der Waals surface area contributed by atoms with Gasteiger partial charge >= 0.3 is 102 Å². The normalized spacial score (nSPS) is 5.97. The molecule has 36 heavy (non-hydrogen) atoms. The van der Waals surface area contributed by atoms with Crippen molar-refractivity contribution in [1.82, 2.24) is 0 Å². The molecule has 0 aromatic carbocycles. The van der Waals surface area contributed by atoms with E-state index in [0.29, 0.717) is 12.1 Å². The van der Waals surface area contributed by atoms with Crippen molar-refractivity contribution in [3.8, 4) is 0 Å². The monoisotopic (exact) mass is 862 g/mol. The van der Waals surface area contributed by atoms with Gasteiger partial charge in [-0.1, -0.05) is 5.70 Å². The standard InChI is InChI=1S/C2H5Cl5Si2.C2H3Cl3Si.8CO.Cl2H2Si.2Co/c3-8(4)1-2-9(5,6)7;1-2-6(3,4)5;8*1-2;1-3-2;;/h8H,1-2H2;2H,1H2;;;;;;;;;3H2;;. The molecule has 0 bridgehead atoms. The third-order valence-electron chi connectivity index (χ3n) is 0.877. The van der Waals surface area contributed by atoms with Crippen molar-refractivity contribution in [3.05, 3.63) is 65.5 Å². The van der Waals surface area contributed by atoms with Crippen LogP contribution in [0.2, 0.25) is 12.1 Å². The van der Waals surface area contributed by atoms with E-state index in [9.17, 15) is 0 Å². The molecule has 210 valence electrons. The van der Waals surface area contributed by atoms with Gasteiger partial charge in [-0.2, -0.15) is 44.3 Å². The van der Waals surface area contributed by atoms with Crippen LogP contribution in [0.1, 0.15) is 0 Å². The van der Waals surface area contributed by atoms with Gasteiger partial charge in [0.25, 0.3) is 0 Å². The van der Waals surface area contributed by atoms with Gasteiger partial charge in [0.15, 0.2) is 0 Å². The molecule has 0 atom stereocenters. The van der Waals surface area contributed by atoms with E-state index in [1.54, 1.807) is 0 Å². The Kier molecular flexibility index (Phi) is 250. The summed E-state index contributed by atoms with van der Waals surface area (Å²) in [5, 5.41) is 0. The molecule has 0 unspecified atom stereocenters. The summed E-state index contributed by atoms with van der Waals surface area (Å²) in [5.41, 5.74) is 1.37. The second kappa shape index (κ2) is 108. The van der Waals surface area contributed by atoms with Crippen molar-refractivity contribution < 1.29 is 70.8 Å². The molecule has 0 rings (SSSR count). The SMILES string of the molecule is C=C[Si](Cl)(Cl)Cl.Cl[SiH2]Cl.Cl[SiH](Cl)CC[Si](Cl)(Cl)Cl.[C-]#[O+].[C-]#[O+].[C-]#[O+].[C-]#[O+].[C-]#[O+].[C-]#[O+].[C-]#[O+].[C-]#[O+].[Co].[Co]. The average Bonchev–Trinajstić information content (AvgIpc) is 2.88. The van der Waals surface area contributed by atoms with E-state index in [4.69, 9.17) is 148 Å². The maximum atomic E-state index is 7.50. The molecule has 0 heterocycles. The van der Waals surface area contributed by atoms with E-state index >= 15 is 0 Å². The molecular weight excluding hydrogens is 857 g/mol. The van der Waals surface area contributed by atoms with Crippen molar-refractivity contribution in [2.75, 3.05) is 0 Å². The Hall–Kier alpha value is 2.44. The smallest absolute Gasteiger partial charge is 0 e. The van der Waals surface area contributed by atoms with E-state index in [-0.39, 0.29) is 33.6 Å². The molecule has 24 heteroatoms. The van der Waals surface area contributed by atoms with Crippen LogP contribution in [0, 0.1) is 53.2 Å². The number of rotatable bonds is 4. The molecule has 0 aliphatic heterocycles. The third kappa shape index (κ3) is 350. The van der Waals surface area contributed by atoms with Crippen molar-refractivity contribution in [1.29, 1.82) is 0 Å². The fraction of sp³-hybridized carbons (Fsp3) is 0.167. The summed E-state index contributed by atoms with van der Waals surface area (Å²) in [4.78, 5) is 0. The Bertz CT molecular complexity index is 437. The second-order valence-electron chi connectivity index (χ2n) is 2.39. The first-order valence-corrected chi connectivity index (χ1v) is 24.6. The number of hydrogen-bond acceptors (Lipinski definition) is 0. The van der Waals surface area contributed by atoms with Crippen LogP contribution in [0.5, 0.6) is 0 Å². The Labute approximate surface area is 283 Å². The summed E-state index contributed by atoms with van der Waals surface area (Å²) in [6.07, 6.45) is 0. The predicted octanol–water partition coefficient (Wildman–Crippen LogP) is 5.86. The first-order chi connectivity index (χ1) is 15.9. The Morgan fingerprint density at radius 2 is 0.750 bits per heavy atom. The van der Waals surface area contributed by atoms with E-state index in [1.807, 2.05) is 0 Å². The fourth-order valence-electron chi connectivity index (χ4n) is 0.273. The Balaban J connectivity index is -0.0000000159. The zero-order valence-electron chi connectivity index (χ0n) is 16.7. The van der Waals surface area contributed by atoms with Gasteiger partial charge in [-0.25, -0.2) is 0 Å². The molecule has 0 aromatic rings. The summed E-state index contributed by atoms with van der Waals surface area (Å²) >= 11 is 53.3. The van der Waals surface area contributed by atoms with Gasteiger partial charge in [0.2, 0.25) is 15.6 Å². The topological polar surface area (TPSA) is 159 Å². The summed E-state index contributed by atoms with van der Waals surface area (Å²) in [5.74, 6) is 0. The summed E-state index contributed by atoms with van der Waals surface area (Å²) in [6.45, 7) is 39.3. The molecule has 0 aliphatic carbocycles. The van der Waals surface area contributed by atoms with Crippen molar-refractivity contribution in [2.24, 2.45) is 0 Å². The van der Waals surface area contributed by atoms with Crippen LogP contribution in [0.3, 0.4) is 0 Å². The molecule has 0 saturated carbocycles. The van der Waals surface area contributed by atoms with Gasteiger partial charge in [0, 0.05) is 33.6 Å². The van der Waals surface area contributed by atoms with Crippen LogP contribution < -0.4 is 0 Å². The largest absolute Gasteiger partial charge is 0 e. The molecule has 0 fully saturated rings. The first kappa shape index (κ1) is 83.3. The van der Waals surface area contributed by atoms with Gasteiger partial charge in [-0.05, 0) is 12.1 Å². The van der Waals surface area contributed by atoms with Gasteiger partial charge in [0.05, 0.1) is 0 Å². The van der Waals surface area contributed by atoms with Gasteiger partial charge in [-0.15, -0.1) is 73.1 Å². The maximum absolute atomic E-state index is 7.50. The van der Waals surface area contributed by atoms with E-state index in [1.165, 1.54) is 5.70 Å². The van der Waals surface area contributed by atoms with Crippen LogP contribution in [-0.2, 0) is 70.8 Å². The molecule has 0 aromatic heterocycles. The maximum Gasteiger partial charge on any atom is 0 e. The molecule has 0 amide bonds. The minimum atomic E-state index is -2.45. The zero-order chi connectivity index (χ0) is 31.4. The van der Waals surface area contributed by atoms with Crippen LogP contribution >= 0.6 is 111 Å². The predicted molar refractivity (Wildman–Crippen MR) is 137 cm³/mol. The summed E-state index contributed by atoms with van der Waals surface area (Å²) < 4.78 is 60.0. The number of hydrogen-bond donors (Lipinski definition) is 0. The molecule has 0 saturated heterocycles. The van der Waals surface area contributed by atoms with E-state index in [0.717, 1.165) is 0 Å². The van der Waals surface area contributed by atoms with Crippen LogP contribution in [0.25, 0.3) is 0 Å². The van der Waals surface area contributed by atoms with E-state index in [2.05, 4.69) is 59.8 Å². The quantitative estimate of drug-likeness (QED) is 0.144. The fourth-order valence-corrected chi connectivity index (χ4v) is 7.36. The summed E-state index contributed by atoms with van der Waals surface area (Å²) in [7, 11) is -2.18. The molecule has 8 nitrogen and oxygen atoms in total. The molecule has 0 aliphatic rings. The van der Waals surface area contributed by atoms with Crippen LogP contribution in [0.4, 0.5) is 0 Å². The molecular formula is C12H10Cl10Co2O8Si4. The average molecular weight is 867 g/mol. The van der Waals surface area contributed by atoms with Gasteiger partial charge in [-0.3, -0.25) is 0 Å². The molecule has 2 radical (unpaired) electrons. The zero-order valence-corrected chi connectivity index (χ0v) is 30.9. The van der Waals surface area contributed by atoms with Crippen molar-refractivity contribution in [2.45, 2.75) is 12.1 Å². The van der Waals surface area contributed by atoms with Gasteiger partial charge in [0.1, 0.15) is 0 Å². The Morgan fingerprint density at radius 1 is 0.611 bits per heavy atom. The van der Waals surface area contributed by atoms with Crippen molar-refractivity contribution >= 4 is 138 Å². The Morgan fingerprint density at radius 3 is 0.778 bits per heavy atom. The number of halogens is 10. The van der Waals surface area contributed by atoms with Crippen LogP contribution in [-0.4, -0.2) is 27.6 Å². The second-order valence-corrected chi connectivity index (χ2v) is 28.1. The molecule has 0 N–H and O–H groups in total. The first-order valence-electron chi connectivity index (χ1n) is 5.70. The summed E-state index contributed by atoms with van der Waals surface area (Å²) in [6, 6.07) is -3.60. The van der Waals surface area contributed by atoms with Crippen LogP contribution in [0.15, 0.2) is 12.3 Å². The minimum absolute atomic E-state index is 0. The van der Waals surface area contributed by atoms with Crippen molar-refractivity contribution in [3.63, 3.8) is 0 Å². The third-order valence-corrected chi connectivity index (χ3v) is 7.90. The minimum Gasteiger partial charge on any atom is 0 e.